The minimum Gasteiger partial charge on any atom is -0.337 e. The molecule has 6 nitrogen and oxygen atoms in total. The molecule has 0 aliphatic rings. The van der Waals surface area contributed by atoms with E-state index >= 15 is 0 Å². The number of carbonyl (C=O) groups is 1. The van der Waals surface area contributed by atoms with Crippen LogP contribution in [0.5, 0.6) is 0 Å². The summed E-state index contributed by atoms with van der Waals surface area (Å²) in [5.74, 6) is 0.141. The summed E-state index contributed by atoms with van der Waals surface area (Å²) in [7, 11) is 0. The average Bonchev–Trinajstić information content (AvgIpc) is 3.17. The first-order valence-corrected chi connectivity index (χ1v) is 8.77. The Morgan fingerprint density at radius 3 is 2.63 bits per heavy atom. The molecule has 1 atom stereocenters. The van der Waals surface area contributed by atoms with Crippen LogP contribution in [0, 0.1) is 5.82 Å². The van der Waals surface area contributed by atoms with Crippen LogP contribution in [0.1, 0.15) is 36.9 Å². The van der Waals surface area contributed by atoms with Gasteiger partial charge in [0.2, 0.25) is 11.7 Å². The SMILES string of the molecule is CCc1ccc(CNC(=O)NC(C)c2nc(-c3cccc(F)c3)no2)cc1. The van der Waals surface area contributed by atoms with Gasteiger partial charge in [0.05, 0.1) is 0 Å². The summed E-state index contributed by atoms with van der Waals surface area (Å²) in [5, 5.41) is 9.38. The molecule has 27 heavy (non-hydrogen) atoms. The molecule has 140 valence electrons. The molecule has 0 bridgehead atoms. The quantitative estimate of drug-likeness (QED) is 0.689. The molecule has 1 aromatic heterocycles. The number of nitrogens with one attached hydrogen (secondary N) is 2. The summed E-state index contributed by atoms with van der Waals surface area (Å²) in [6, 6.07) is 13.2. The lowest BCUT2D eigenvalue weighted by Gasteiger charge is -2.11. The third-order valence-corrected chi connectivity index (χ3v) is 4.13. The lowest BCUT2D eigenvalue weighted by Crippen LogP contribution is -2.36. The van der Waals surface area contributed by atoms with Crippen LogP contribution >= 0.6 is 0 Å². The average molecular weight is 368 g/mol. The summed E-state index contributed by atoms with van der Waals surface area (Å²) in [6.07, 6.45) is 0.980. The van der Waals surface area contributed by atoms with Gasteiger partial charge >= 0.3 is 6.03 Å². The Hall–Kier alpha value is -3.22. The maximum absolute atomic E-state index is 13.3. The maximum atomic E-state index is 13.3. The molecule has 2 aromatic carbocycles. The number of benzene rings is 2. The monoisotopic (exact) mass is 368 g/mol. The molecule has 0 fully saturated rings. The van der Waals surface area contributed by atoms with Crippen LogP contribution in [-0.2, 0) is 13.0 Å². The molecule has 7 heteroatoms. The zero-order valence-electron chi connectivity index (χ0n) is 15.2. The van der Waals surface area contributed by atoms with Gasteiger partial charge in [0, 0.05) is 12.1 Å². The van der Waals surface area contributed by atoms with Crippen LogP contribution in [0.3, 0.4) is 0 Å². The number of hydrogen-bond acceptors (Lipinski definition) is 4. The van der Waals surface area contributed by atoms with E-state index in [0.29, 0.717) is 12.1 Å². The number of aromatic nitrogens is 2. The Kier molecular flexibility index (Phi) is 5.80. The third kappa shape index (κ3) is 4.91. The van der Waals surface area contributed by atoms with Gasteiger partial charge < -0.3 is 15.2 Å². The van der Waals surface area contributed by atoms with E-state index in [1.165, 1.54) is 17.7 Å². The van der Waals surface area contributed by atoms with E-state index in [1.807, 2.05) is 24.3 Å². The lowest BCUT2D eigenvalue weighted by molar-refractivity contribution is 0.233. The Morgan fingerprint density at radius 2 is 1.93 bits per heavy atom. The van der Waals surface area contributed by atoms with Gasteiger partial charge in [0.15, 0.2) is 0 Å². The summed E-state index contributed by atoms with van der Waals surface area (Å²) >= 11 is 0. The van der Waals surface area contributed by atoms with Crippen molar-refractivity contribution in [2.75, 3.05) is 0 Å². The Bertz CT molecular complexity index is 908. The lowest BCUT2D eigenvalue weighted by atomic mass is 10.1. The van der Waals surface area contributed by atoms with Crippen molar-refractivity contribution in [1.82, 2.24) is 20.8 Å². The molecule has 0 saturated heterocycles. The predicted molar refractivity (Wildman–Crippen MR) is 99.3 cm³/mol. The van der Waals surface area contributed by atoms with Crippen LogP contribution in [0.2, 0.25) is 0 Å². The first kappa shape index (κ1) is 18.6. The standard InChI is InChI=1S/C20H21FN4O2/c1-3-14-7-9-15(10-8-14)12-22-20(26)23-13(2)19-24-18(25-27-19)16-5-4-6-17(21)11-16/h4-11,13H,3,12H2,1-2H3,(H2,22,23,26). The third-order valence-electron chi connectivity index (χ3n) is 4.13. The second-order valence-electron chi connectivity index (χ2n) is 6.19. The maximum Gasteiger partial charge on any atom is 0.315 e. The highest BCUT2D eigenvalue weighted by Crippen LogP contribution is 2.19. The van der Waals surface area contributed by atoms with Crippen LogP contribution < -0.4 is 10.6 Å². The molecular weight excluding hydrogens is 347 g/mol. The van der Waals surface area contributed by atoms with Crippen molar-refractivity contribution in [3.8, 4) is 11.4 Å². The van der Waals surface area contributed by atoms with Crippen molar-refractivity contribution >= 4 is 6.03 Å². The van der Waals surface area contributed by atoms with E-state index in [1.54, 1.807) is 19.1 Å². The number of hydrogen-bond donors (Lipinski definition) is 2. The van der Waals surface area contributed by atoms with Gasteiger partial charge in [-0.05, 0) is 36.6 Å². The van der Waals surface area contributed by atoms with E-state index in [-0.39, 0.29) is 23.6 Å². The molecule has 1 heterocycles. The fourth-order valence-corrected chi connectivity index (χ4v) is 2.54. The van der Waals surface area contributed by atoms with Crippen molar-refractivity contribution in [1.29, 1.82) is 0 Å². The van der Waals surface area contributed by atoms with Gasteiger partial charge in [-0.3, -0.25) is 0 Å². The Labute approximate surface area is 156 Å². The van der Waals surface area contributed by atoms with E-state index < -0.39 is 6.04 Å². The van der Waals surface area contributed by atoms with E-state index in [9.17, 15) is 9.18 Å². The zero-order valence-corrected chi connectivity index (χ0v) is 15.2. The topological polar surface area (TPSA) is 80.0 Å². The van der Waals surface area contributed by atoms with E-state index in [0.717, 1.165) is 12.0 Å². The molecule has 0 radical (unpaired) electrons. The van der Waals surface area contributed by atoms with Crippen molar-refractivity contribution < 1.29 is 13.7 Å². The number of halogens is 1. The van der Waals surface area contributed by atoms with Crippen molar-refractivity contribution in [2.24, 2.45) is 0 Å². The van der Waals surface area contributed by atoms with Gasteiger partial charge in [-0.15, -0.1) is 0 Å². The highest BCUT2D eigenvalue weighted by atomic mass is 19.1. The number of nitrogens with zero attached hydrogens (tertiary/aromatic N) is 2. The van der Waals surface area contributed by atoms with Gasteiger partial charge in [-0.25, -0.2) is 9.18 Å². The van der Waals surface area contributed by atoms with Crippen LogP contribution in [0.15, 0.2) is 53.1 Å². The van der Waals surface area contributed by atoms with Crippen LogP contribution in [-0.4, -0.2) is 16.2 Å². The highest BCUT2D eigenvalue weighted by Gasteiger charge is 2.17. The first-order valence-electron chi connectivity index (χ1n) is 8.77. The van der Waals surface area contributed by atoms with Crippen molar-refractivity contribution in [2.45, 2.75) is 32.9 Å². The molecule has 3 aromatic rings. The zero-order chi connectivity index (χ0) is 19.2. The molecule has 0 saturated carbocycles. The minimum atomic E-state index is -0.484. The normalized spacial score (nSPS) is 11.8. The summed E-state index contributed by atoms with van der Waals surface area (Å²) in [4.78, 5) is 16.3. The number of urea groups is 1. The number of amides is 2. The number of carbonyl (C=O) groups excluding carboxylic acids is 1. The van der Waals surface area contributed by atoms with Gasteiger partial charge in [0.1, 0.15) is 11.9 Å². The Morgan fingerprint density at radius 1 is 1.19 bits per heavy atom. The minimum absolute atomic E-state index is 0.247. The molecular formula is C20H21FN4O2. The Balaban J connectivity index is 1.55. The van der Waals surface area contributed by atoms with Gasteiger partial charge in [-0.2, -0.15) is 4.98 Å². The fraction of sp³-hybridized carbons (Fsp3) is 0.250. The van der Waals surface area contributed by atoms with E-state index in [4.69, 9.17) is 4.52 Å². The van der Waals surface area contributed by atoms with Crippen molar-refractivity contribution in [3.05, 3.63) is 71.4 Å². The van der Waals surface area contributed by atoms with Gasteiger partial charge in [-0.1, -0.05) is 48.5 Å². The van der Waals surface area contributed by atoms with Gasteiger partial charge in [0.25, 0.3) is 0 Å². The second-order valence-corrected chi connectivity index (χ2v) is 6.19. The second kappa shape index (κ2) is 8.44. The van der Waals surface area contributed by atoms with Crippen LogP contribution in [0.25, 0.3) is 11.4 Å². The summed E-state index contributed by atoms with van der Waals surface area (Å²) in [6.45, 7) is 4.25. The molecule has 2 N–H and O–H groups in total. The smallest absolute Gasteiger partial charge is 0.315 e. The molecule has 0 aliphatic carbocycles. The molecule has 2 amide bonds. The predicted octanol–water partition coefficient (Wildman–Crippen LogP) is 4.00. The summed E-state index contributed by atoms with van der Waals surface area (Å²) in [5.41, 5.74) is 2.78. The molecule has 0 aliphatic heterocycles. The number of rotatable bonds is 6. The molecule has 3 rings (SSSR count). The number of aryl methyl sites for hydroxylation is 1. The largest absolute Gasteiger partial charge is 0.337 e. The van der Waals surface area contributed by atoms with E-state index in [2.05, 4.69) is 27.7 Å². The fourth-order valence-electron chi connectivity index (χ4n) is 2.54. The molecule has 1 unspecified atom stereocenters. The van der Waals surface area contributed by atoms with Crippen molar-refractivity contribution in [3.63, 3.8) is 0 Å². The highest BCUT2D eigenvalue weighted by molar-refractivity contribution is 5.74. The molecule has 0 spiro atoms. The summed E-state index contributed by atoms with van der Waals surface area (Å²) < 4.78 is 18.5. The first-order chi connectivity index (χ1) is 13.0. The van der Waals surface area contributed by atoms with Crippen LogP contribution in [0.4, 0.5) is 9.18 Å².